The van der Waals surface area contributed by atoms with Crippen LogP contribution in [0.3, 0.4) is 0 Å². The van der Waals surface area contributed by atoms with Crippen LogP contribution in [-0.4, -0.2) is 23.6 Å². The van der Waals surface area contributed by atoms with E-state index in [2.05, 4.69) is 30.3 Å². The molecule has 0 unspecified atom stereocenters. The zero-order valence-electron chi connectivity index (χ0n) is 14.5. The highest BCUT2D eigenvalue weighted by atomic mass is 16.5. The lowest BCUT2D eigenvalue weighted by atomic mass is 9.91. The molecule has 4 aromatic rings. The van der Waals surface area contributed by atoms with Crippen LogP contribution >= 0.6 is 0 Å². The maximum atomic E-state index is 12.4. The number of hydrogen-bond acceptors (Lipinski definition) is 4. The molecule has 1 saturated carbocycles. The molecule has 5 rings (SSSR count). The highest BCUT2D eigenvalue weighted by molar-refractivity contribution is 6.23. The van der Waals surface area contributed by atoms with Crippen molar-refractivity contribution in [3.8, 4) is 0 Å². The Balaban J connectivity index is 1.56. The van der Waals surface area contributed by atoms with Gasteiger partial charge in [-0.25, -0.2) is 0 Å². The van der Waals surface area contributed by atoms with Crippen molar-refractivity contribution in [2.75, 3.05) is 0 Å². The molecule has 0 saturated heterocycles. The number of hydrogen-bond donors (Lipinski definition) is 0. The summed E-state index contributed by atoms with van der Waals surface area (Å²) in [5.74, 6) is -1.15. The van der Waals surface area contributed by atoms with E-state index in [1.165, 1.54) is 5.39 Å². The SMILES string of the molecule is O=C(Cc1ccc2ccc3cccc4ccc1c2c34)OC1C(=O)CCC1=O. The highest BCUT2D eigenvalue weighted by Gasteiger charge is 2.36. The minimum absolute atomic E-state index is 0.0330. The van der Waals surface area contributed by atoms with Crippen LogP contribution in [0.15, 0.2) is 54.6 Å². The van der Waals surface area contributed by atoms with Crippen molar-refractivity contribution < 1.29 is 19.1 Å². The Hall–Kier alpha value is -3.27. The Kier molecular flexibility index (Phi) is 3.47. The summed E-state index contributed by atoms with van der Waals surface area (Å²) in [5, 5.41) is 6.75. The van der Waals surface area contributed by atoms with Gasteiger partial charge in [-0.2, -0.15) is 0 Å². The number of ether oxygens (including phenoxy) is 1. The normalized spacial score (nSPS) is 15.4. The molecule has 132 valence electrons. The minimum Gasteiger partial charge on any atom is -0.446 e. The molecule has 1 aliphatic carbocycles. The molecule has 4 nitrogen and oxygen atoms in total. The lowest BCUT2D eigenvalue weighted by Crippen LogP contribution is -2.29. The van der Waals surface area contributed by atoms with E-state index in [9.17, 15) is 14.4 Å². The van der Waals surface area contributed by atoms with E-state index in [0.717, 1.165) is 32.5 Å². The quantitative estimate of drug-likeness (QED) is 0.317. The Morgan fingerprint density at radius 2 is 1.41 bits per heavy atom. The number of Topliss-reactive ketones (excluding diaryl/α,β-unsaturated/α-hetero) is 2. The van der Waals surface area contributed by atoms with Gasteiger partial charge in [0.15, 0.2) is 11.6 Å². The summed E-state index contributed by atoms with van der Waals surface area (Å²) in [6.07, 6.45) is -0.853. The maximum absolute atomic E-state index is 12.4. The molecule has 1 fully saturated rings. The molecule has 0 aromatic heterocycles. The van der Waals surface area contributed by atoms with Crippen molar-refractivity contribution in [3.05, 3.63) is 60.2 Å². The monoisotopic (exact) mass is 356 g/mol. The van der Waals surface area contributed by atoms with Gasteiger partial charge in [-0.05, 0) is 37.9 Å². The molecule has 0 amide bonds. The summed E-state index contributed by atoms with van der Waals surface area (Å²) in [7, 11) is 0. The maximum Gasteiger partial charge on any atom is 0.311 e. The fourth-order valence-electron chi connectivity index (χ4n) is 4.10. The number of rotatable bonds is 3. The first-order valence-corrected chi connectivity index (χ1v) is 9.02. The molecule has 0 spiro atoms. The van der Waals surface area contributed by atoms with Gasteiger partial charge in [0.05, 0.1) is 6.42 Å². The Morgan fingerprint density at radius 3 is 2.11 bits per heavy atom. The third-order valence-corrected chi connectivity index (χ3v) is 5.41. The minimum atomic E-state index is -1.21. The number of carbonyl (C=O) groups excluding carboxylic acids is 3. The summed E-state index contributed by atoms with van der Waals surface area (Å²) in [5.41, 5.74) is 0.837. The van der Waals surface area contributed by atoms with E-state index in [1.54, 1.807) is 0 Å². The first-order chi connectivity index (χ1) is 13.1. The largest absolute Gasteiger partial charge is 0.446 e. The Labute approximate surface area is 155 Å². The molecule has 0 N–H and O–H groups in total. The molecule has 4 heteroatoms. The van der Waals surface area contributed by atoms with Crippen LogP contribution in [0, 0.1) is 0 Å². The van der Waals surface area contributed by atoms with Gasteiger partial charge in [0.1, 0.15) is 0 Å². The van der Waals surface area contributed by atoms with E-state index in [1.807, 2.05) is 24.3 Å². The zero-order valence-corrected chi connectivity index (χ0v) is 14.5. The second-order valence-electron chi connectivity index (χ2n) is 7.06. The standard InChI is InChI=1S/C23H16O4/c24-18-10-11-19(25)23(18)27-20(26)12-16-7-6-15-5-4-13-2-1-3-14-8-9-17(16)22(15)21(13)14/h1-9,23H,10-12H2. The summed E-state index contributed by atoms with van der Waals surface area (Å²) in [4.78, 5) is 35.8. The van der Waals surface area contributed by atoms with Crippen molar-refractivity contribution in [1.29, 1.82) is 0 Å². The fraction of sp³-hybridized carbons (Fsp3) is 0.174. The van der Waals surface area contributed by atoms with Gasteiger partial charge in [0.2, 0.25) is 6.10 Å². The van der Waals surface area contributed by atoms with E-state index in [0.29, 0.717) is 0 Å². The van der Waals surface area contributed by atoms with Crippen molar-refractivity contribution >= 4 is 49.9 Å². The molecule has 0 heterocycles. The van der Waals surface area contributed by atoms with Gasteiger partial charge in [-0.3, -0.25) is 14.4 Å². The van der Waals surface area contributed by atoms with Crippen molar-refractivity contribution in [2.24, 2.45) is 0 Å². The van der Waals surface area contributed by atoms with Gasteiger partial charge < -0.3 is 4.74 Å². The first-order valence-electron chi connectivity index (χ1n) is 9.02. The van der Waals surface area contributed by atoms with E-state index >= 15 is 0 Å². The molecule has 1 aliphatic rings. The average Bonchev–Trinajstić information content (AvgIpc) is 2.99. The molecule has 0 atom stereocenters. The average molecular weight is 356 g/mol. The lowest BCUT2D eigenvalue weighted by Gasteiger charge is -2.14. The number of ketones is 2. The fourth-order valence-corrected chi connectivity index (χ4v) is 4.10. The molecule has 0 bridgehead atoms. The van der Waals surface area contributed by atoms with Crippen LogP contribution in [-0.2, 0) is 25.5 Å². The number of carbonyl (C=O) groups is 3. The van der Waals surface area contributed by atoms with Crippen molar-refractivity contribution in [1.82, 2.24) is 0 Å². The third-order valence-electron chi connectivity index (χ3n) is 5.41. The molecule has 0 aliphatic heterocycles. The van der Waals surface area contributed by atoms with Gasteiger partial charge in [-0.15, -0.1) is 0 Å². The van der Waals surface area contributed by atoms with Crippen LogP contribution < -0.4 is 0 Å². The second-order valence-corrected chi connectivity index (χ2v) is 7.06. The van der Waals surface area contributed by atoms with E-state index in [-0.39, 0.29) is 30.8 Å². The molecule has 27 heavy (non-hydrogen) atoms. The molecular weight excluding hydrogens is 340 g/mol. The molecule has 0 radical (unpaired) electrons. The van der Waals surface area contributed by atoms with Gasteiger partial charge in [0.25, 0.3) is 0 Å². The predicted molar refractivity (Wildman–Crippen MR) is 103 cm³/mol. The van der Waals surface area contributed by atoms with Gasteiger partial charge >= 0.3 is 5.97 Å². The summed E-state index contributed by atoms with van der Waals surface area (Å²) >= 11 is 0. The Bertz CT molecular complexity index is 1210. The predicted octanol–water partition coefficient (Wildman–Crippen LogP) is 3.97. The Morgan fingerprint density at radius 1 is 0.815 bits per heavy atom. The molecular formula is C23H16O4. The summed E-state index contributed by atoms with van der Waals surface area (Å²) < 4.78 is 5.19. The molecule has 4 aromatic carbocycles. The van der Waals surface area contributed by atoms with Crippen LogP contribution in [0.25, 0.3) is 32.3 Å². The highest BCUT2D eigenvalue weighted by Crippen LogP contribution is 2.36. The summed E-state index contributed by atoms with van der Waals surface area (Å²) in [6, 6.07) is 18.4. The smallest absolute Gasteiger partial charge is 0.311 e. The van der Waals surface area contributed by atoms with Crippen LogP contribution in [0.5, 0.6) is 0 Å². The topological polar surface area (TPSA) is 60.4 Å². The van der Waals surface area contributed by atoms with Crippen molar-refractivity contribution in [2.45, 2.75) is 25.4 Å². The second kappa shape index (κ2) is 5.88. The summed E-state index contributed by atoms with van der Waals surface area (Å²) in [6.45, 7) is 0. The third kappa shape index (κ3) is 2.48. The van der Waals surface area contributed by atoms with Crippen LogP contribution in [0.2, 0.25) is 0 Å². The van der Waals surface area contributed by atoms with Crippen molar-refractivity contribution in [3.63, 3.8) is 0 Å². The number of esters is 1. The van der Waals surface area contributed by atoms with Gasteiger partial charge in [0, 0.05) is 12.8 Å². The van der Waals surface area contributed by atoms with E-state index in [4.69, 9.17) is 4.74 Å². The van der Waals surface area contributed by atoms with Gasteiger partial charge in [-0.1, -0.05) is 54.6 Å². The lowest BCUT2D eigenvalue weighted by molar-refractivity contribution is -0.156. The number of benzene rings is 4. The first kappa shape index (κ1) is 15.9. The van der Waals surface area contributed by atoms with Crippen LogP contribution in [0.1, 0.15) is 18.4 Å². The zero-order chi connectivity index (χ0) is 18.5. The van der Waals surface area contributed by atoms with Crippen LogP contribution in [0.4, 0.5) is 0 Å². The van der Waals surface area contributed by atoms with E-state index < -0.39 is 12.1 Å².